The summed E-state index contributed by atoms with van der Waals surface area (Å²) in [4.78, 5) is 15.6. The number of carbonyl (C=O) groups excluding carboxylic acids is 1. The van der Waals surface area contributed by atoms with Gasteiger partial charge in [-0.1, -0.05) is 12.1 Å². The maximum absolute atomic E-state index is 12.7. The summed E-state index contributed by atoms with van der Waals surface area (Å²) in [6.07, 6.45) is -0.421. The third-order valence-corrected chi connectivity index (χ3v) is 5.15. The molecule has 0 N–H and O–H groups in total. The number of carbonyl (C=O) groups is 1. The Morgan fingerprint density at radius 2 is 2.18 bits per heavy atom. The van der Waals surface area contributed by atoms with Gasteiger partial charge in [-0.15, -0.1) is 22.0 Å². The Morgan fingerprint density at radius 3 is 3.09 bits per heavy atom. The zero-order valence-electron chi connectivity index (χ0n) is 12.2. The Hall–Kier alpha value is -2.02. The molecule has 22 heavy (non-hydrogen) atoms. The number of amides is 1. The van der Waals surface area contributed by atoms with Crippen molar-refractivity contribution >= 4 is 17.7 Å². The van der Waals surface area contributed by atoms with Gasteiger partial charge in [0, 0.05) is 23.7 Å². The molecule has 0 aliphatic carbocycles. The van der Waals surface area contributed by atoms with Crippen LogP contribution in [0.25, 0.3) is 0 Å². The fourth-order valence-electron chi connectivity index (χ4n) is 2.84. The number of para-hydroxylation sites is 1. The van der Waals surface area contributed by atoms with Gasteiger partial charge in [0.05, 0.1) is 6.54 Å². The first-order valence-corrected chi connectivity index (χ1v) is 8.27. The summed E-state index contributed by atoms with van der Waals surface area (Å²) in [7, 11) is 0. The lowest BCUT2D eigenvalue weighted by Gasteiger charge is -2.32. The number of hydrogen-bond acceptors (Lipinski definition) is 5. The zero-order chi connectivity index (χ0) is 15.1. The van der Waals surface area contributed by atoms with Crippen LogP contribution < -0.4 is 4.74 Å². The molecule has 0 spiro atoms. The minimum Gasteiger partial charge on any atom is -0.479 e. The Bertz CT molecular complexity index is 730. The van der Waals surface area contributed by atoms with Gasteiger partial charge in [0.15, 0.2) is 11.9 Å². The molecule has 1 aromatic carbocycles. The second kappa shape index (κ2) is 5.31. The lowest BCUT2D eigenvalue weighted by molar-refractivity contribution is -0.139. The van der Waals surface area contributed by atoms with Crippen LogP contribution in [0, 0.1) is 6.92 Å². The minimum atomic E-state index is -0.421. The highest BCUT2D eigenvalue weighted by Gasteiger charge is 2.32. The first-order valence-electron chi connectivity index (χ1n) is 7.28. The quantitative estimate of drug-likeness (QED) is 0.797. The number of aromatic nitrogens is 3. The third kappa shape index (κ3) is 2.25. The summed E-state index contributed by atoms with van der Waals surface area (Å²) >= 11 is 1.67. The number of nitrogens with zero attached hydrogens (tertiary/aromatic N) is 4. The first kappa shape index (κ1) is 13.6. The predicted octanol–water partition coefficient (Wildman–Crippen LogP) is 1.48. The molecule has 0 fully saturated rings. The van der Waals surface area contributed by atoms with Gasteiger partial charge >= 0.3 is 0 Å². The molecule has 0 unspecified atom stereocenters. The molecular weight excluding hydrogens is 300 g/mol. The van der Waals surface area contributed by atoms with Gasteiger partial charge in [-0.25, -0.2) is 0 Å². The van der Waals surface area contributed by atoms with E-state index in [1.807, 2.05) is 36.1 Å². The molecule has 7 heteroatoms. The monoisotopic (exact) mass is 316 g/mol. The normalized spacial score (nSPS) is 20.0. The summed E-state index contributed by atoms with van der Waals surface area (Å²) in [5.41, 5.74) is 0. The van der Waals surface area contributed by atoms with Gasteiger partial charge < -0.3 is 14.2 Å². The van der Waals surface area contributed by atoms with E-state index in [4.69, 9.17) is 4.74 Å². The van der Waals surface area contributed by atoms with Crippen LogP contribution in [0.15, 0.2) is 29.2 Å². The van der Waals surface area contributed by atoms with Crippen LogP contribution in [0.3, 0.4) is 0 Å². The van der Waals surface area contributed by atoms with Crippen LogP contribution in [-0.2, 0) is 17.9 Å². The summed E-state index contributed by atoms with van der Waals surface area (Å²) in [5, 5.41) is 8.22. The van der Waals surface area contributed by atoms with Crippen molar-refractivity contribution in [3.05, 3.63) is 35.9 Å². The van der Waals surface area contributed by atoms with Crippen molar-refractivity contribution in [2.75, 3.05) is 12.3 Å². The van der Waals surface area contributed by atoms with Gasteiger partial charge in [0.2, 0.25) is 0 Å². The summed E-state index contributed by atoms with van der Waals surface area (Å²) in [6.45, 7) is 3.87. The number of ether oxygens (including phenoxy) is 1. The summed E-state index contributed by atoms with van der Waals surface area (Å²) in [5.74, 6) is 3.24. The Kier molecular flexibility index (Phi) is 3.29. The average molecular weight is 316 g/mol. The fourth-order valence-corrected chi connectivity index (χ4v) is 3.81. The lowest BCUT2D eigenvalue weighted by Crippen LogP contribution is -2.47. The molecule has 0 saturated heterocycles. The van der Waals surface area contributed by atoms with Crippen molar-refractivity contribution in [3.63, 3.8) is 0 Å². The molecule has 0 bridgehead atoms. The minimum absolute atomic E-state index is 0.0360. The largest absolute Gasteiger partial charge is 0.479 e. The molecule has 4 rings (SSSR count). The molecule has 1 atom stereocenters. The van der Waals surface area contributed by atoms with Crippen molar-refractivity contribution in [1.29, 1.82) is 0 Å². The Morgan fingerprint density at radius 1 is 1.32 bits per heavy atom. The van der Waals surface area contributed by atoms with Gasteiger partial charge in [-0.2, -0.15) is 0 Å². The Labute approximate surface area is 132 Å². The molecule has 1 aromatic heterocycles. The van der Waals surface area contributed by atoms with Crippen LogP contribution in [0.5, 0.6) is 5.75 Å². The molecule has 2 aromatic rings. The van der Waals surface area contributed by atoms with Crippen molar-refractivity contribution in [2.45, 2.75) is 31.0 Å². The SMILES string of the molecule is Cc1nnc2n1CCN(C(=O)[C@@H]1CSc3ccccc3O1)C2. The topological polar surface area (TPSA) is 60.2 Å². The molecule has 1 amide bonds. The van der Waals surface area contributed by atoms with Crippen LogP contribution >= 0.6 is 11.8 Å². The second-order valence-electron chi connectivity index (χ2n) is 5.44. The second-order valence-corrected chi connectivity index (χ2v) is 6.50. The molecule has 2 aliphatic heterocycles. The van der Waals surface area contributed by atoms with Crippen LogP contribution in [-0.4, -0.2) is 44.0 Å². The van der Waals surface area contributed by atoms with Crippen molar-refractivity contribution in [2.24, 2.45) is 0 Å². The molecule has 114 valence electrons. The van der Waals surface area contributed by atoms with E-state index in [2.05, 4.69) is 14.8 Å². The zero-order valence-corrected chi connectivity index (χ0v) is 13.0. The number of hydrogen-bond donors (Lipinski definition) is 0. The standard InChI is InChI=1S/C15H16N4O2S/c1-10-16-17-14-8-18(6-7-19(10)14)15(20)12-9-22-13-5-3-2-4-11(13)21-12/h2-5,12H,6-9H2,1H3/t12-/m0/s1. The predicted molar refractivity (Wildman–Crippen MR) is 81.8 cm³/mol. The maximum Gasteiger partial charge on any atom is 0.265 e. The fraction of sp³-hybridized carbons (Fsp3) is 0.400. The Balaban J connectivity index is 1.49. The maximum atomic E-state index is 12.7. The molecule has 0 radical (unpaired) electrons. The molecule has 0 saturated carbocycles. The number of fused-ring (bicyclic) bond motifs is 2. The molecular formula is C15H16N4O2S. The van der Waals surface area contributed by atoms with E-state index < -0.39 is 6.10 Å². The van der Waals surface area contributed by atoms with E-state index in [1.165, 1.54) is 0 Å². The van der Waals surface area contributed by atoms with Gasteiger partial charge in [-0.05, 0) is 19.1 Å². The van der Waals surface area contributed by atoms with Crippen molar-refractivity contribution in [3.8, 4) is 5.75 Å². The summed E-state index contributed by atoms with van der Waals surface area (Å²) < 4.78 is 7.95. The summed E-state index contributed by atoms with van der Waals surface area (Å²) in [6, 6.07) is 7.85. The van der Waals surface area contributed by atoms with Crippen LogP contribution in [0.1, 0.15) is 11.6 Å². The highest BCUT2D eigenvalue weighted by molar-refractivity contribution is 7.99. The third-order valence-electron chi connectivity index (χ3n) is 4.03. The van der Waals surface area contributed by atoms with Crippen molar-refractivity contribution in [1.82, 2.24) is 19.7 Å². The average Bonchev–Trinajstić information content (AvgIpc) is 2.94. The van der Waals surface area contributed by atoms with E-state index >= 15 is 0 Å². The number of aryl methyl sites for hydroxylation is 1. The molecule has 3 heterocycles. The van der Waals surface area contributed by atoms with Crippen LogP contribution in [0.4, 0.5) is 0 Å². The number of rotatable bonds is 1. The first-order chi connectivity index (χ1) is 10.7. The van der Waals surface area contributed by atoms with E-state index in [0.717, 1.165) is 28.8 Å². The smallest absolute Gasteiger partial charge is 0.265 e. The highest BCUT2D eigenvalue weighted by Crippen LogP contribution is 2.35. The van der Waals surface area contributed by atoms with E-state index in [1.54, 1.807) is 11.8 Å². The van der Waals surface area contributed by atoms with Crippen molar-refractivity contribution < 1.29 is 9.53 Å². The van der Waals surface area contributed by atoms with Crippen LogP contribution in [0.2, 0.25) is 0 Å². The van der Waals surface area contributed by atoms with E-state index in [0.29, 0.717) is 18.8 Å². The van der Waals surface area contributed by atoms with Gasteiger partial charge in [-0.3, -0.25) is 4.79 Å². The number of thioether (sulfide) groups is 1. The number of benzene rings is 1. The van der Waals surface area contributed by atoms with E-state index in [-0.39, 0.29) is 5.91 Å². The molecule has 2 aliphatic rings. The van der Waals surface area contributed by atoms with Gasteiger partial charge in [0.25, 0.3) is 5.91 Å². The highest BCUT2D eigenvalue weighted by atomic mass is 32.2. The lowest BCUT2D eigenvalue weighted by atomic mass is 10.2. The van der Waals surface area contributed by atoms with E-state index in [9.17, 15) is 4.79 Å². The van der Waals surface area contributed by atoms with Gasteiger partial charge in [0.1, 0.15) is 11.6 Å². The molecule has 6 nitrogen and oxygen atoms in total.